The fourth-order valence-electron chi connectivity index (χ4n) is 1.92. The molecule has 4 atom stereocenters. The second-order valence-corrected chi connectivity index (χ2v) is 3.68. The van der Waals surface area contributed by atoms with Crippen molar-refractivity contribution in [2.75, 3.05) is 0 Å². The standard InChI is InChI=1S/C10H18O2/c1-3-4-8-5-6-9(11)10(12)7(8)2/h3-4,7-12H,5-6H2,1-2H3. The third-order valence-corrected chi connectivity index (χ3v) is 2.84. The molecule has 0 heterocycles. The summed E-state index contributed by atoms with van der Waals surface area (Å²) in [6.07, 6.45) is 4.80. The van der Waals surface area contributed by atoms with Gasteiger partial charge in [-0.05, 0) is 31.6 Å². The van der Waals surface area contributed by atoms with Crippen molar-refractivity contribution in [2.24, 2.45) is 11.8 Å². The van der Waals surface area contributed by atoms with E-state index in [2.05, 4.69) is 6.08 Å². The zero-order valence-electron chi connectivity index (χ0n) is 7.77. The summed E-state index contributed by atoms with van der Waals surface area (Å²) in [7, 11) is 0. The van der Waals surface area contributed by atoms with Gasteiger partial charge in [-0.15, -0.1) is 0 Å². The van der Waals surface area contributed by atoms with Crippen LogP contribution in [0.15, 0.2) is 12.2 Å². The van der Waals surface area contributed by atoms with Crippen LogP contribution in [-0.4, -0.2) is 22.4 Å². The topological polar surface area (TPSA) is 40.5 Å². The van der Waals surface area contributed by atoms with Crippen LogP contribution in [0.25, 0.3) is 0 Å². The number of rotatable bonds is 1. The molecule has 0 aromatic heterocycles. The van der Waals surface area contributed by atoms with Crippen molar-refractivity contribution in [1.29, 1.82) is 0 Å². The Kier molecular flexibility index (Phi) is 3.29. The molecule has 1 fully saturated rings. The van der Waals surface area contributed by atoms with E-state index >= 15 is 0 Å². The second-order valence-electron chi connectivity index (χ2n) is 3.68. The largest absolute Gasteiger partial charge is 0.390 e. The number of aliphatic hydroxyl groups excluding tert-OH is 2. The maximum Gasteiger partial charge on any atom is 0.0830 e. The number of allylic oxidation sites excluding steroid dienone is 2. The van der Waals surface area contributed by atoms with Crippen molar-refractivity contribution in [3.8, 4) is 0 Å². The van der Waals surface area contributed by atoms with E-state index < -0.39 is 12.2 Å². The molecule has 4 unspecified atom stereocenters. The highest BCUT2D eigenvalue weighted by Gasteiger charge is 2.32. The highest BCUT2D eigenvalue weighted by atomic mass is 16.3. The van der Waals surface area contributed by atoms with Crippen LogP contribution in [0.5, 0.6) is 0 Å². The lowest BCUT2D eigenvalue weighted by Crippen LogP contribution is -2.40. The van der Waals surface area contributed by atoms with Gasteiger partial charge in [0.05, 0.1) is 12.2 Å². The Bertz CT molecular complexity index is 165. The van der Waals surface area contributed by atoms with Gasteiger partial charge in [-0.3, -0.25) is 0 Å². The lowest BCUT2D eigenvalue weighted by atomic mass is 9.77. The molecule has 1 rings (SSSR count). The van der Waals surface area contributed by atoms with Crippen LogP contribution < -0.4 is 0 Å². The van der Waals surface area contributed by atoms with Crippen LogP contribution in [0.2, 0.25) is 0 Å². The number of hydrogen-bond donors (Lipinski definition) is 2. The molecular formula is C10H18O2. The molecule has 0 radical (unpaired) electrons. The van der Waals surface area contributed by atoms with Crippen molar-refractivity contribution in [3.63, 3.8) is 0 Å². The highest BCUT2D eigenvalue weighted by Crippen LogP contribution is 2.31. The van der Waals surface area contributed by atoms with Gasteiger partial charge in [0.1, 0.15) is 0 Å². The lowest BCUT2D eigenvalue weighted by Gasteiger charge is -2.34. The Labute approximate surface area is 73.9 Å². The van der Waals surface area contributed by atoms with E-state index in [1.807, 2.05) is 19.9 Å². The number of aliphatic hydroxyl groups is 2. The lowest BCUT2D eigenvalue weighted by molar-refractivity contribution is -0.0529. The fourth-order valence-corrected chi connectivity index (χ4v) is 1.92. The zero-order chi connectivity index (χ0) is 9.14. The summed E-state index contributed by atoms with van der Waals surface area (Å²) in [5.74, 6) is 0.623. The normalized spacial score (nSPS) is 43.7. The summed E-state index contributed by atoms with van der Waals surface area (Å²) < 4.78 is 0. The van der Waals surface area contributed by atoms with E-state index in [1.165, 1.54) is 0 Å². The maximum atomic E-state index is 9.56. The monoisotopic (exact) mass is 170 g/mol. The summed E-state index contributed by atoms with van der Waals surface area (Å²) in [6.45, 7) is 3.99. The summed E-state index contributed by atoms with van der Waals surface area (Å²) in [6, 6.07) is 0. The molecule has 2 nitrogen and oxygen atoms in total. The SMILES string of the molecule is CC=CC1CCC(O)C(O)C1C. The third kappa shape index (κ3) is 1.87. The Morgan fingerprint density at radius 1 is 1.25 bits per heavy atom. The predicted molar refractivity (Wildman–Crippen MR) is 48.7 cm³/mol. The minimum Gasteiger partial charge on any atom is -0.390 e. The van der Waals surface area contributed by atoms with Gasteiger partial charge < -0.3 is 10.2 Å². The van der Waals surface area contributed by atoms with Crippen LogP contribution in [0.3, 0.4) is 0 Å². The van der Waals surface area contributed by atoms with E-state index in [4.69, 9.17) is 0 Å². The van der Waals surface area contributed by atoms with Gasteiger partial charge in [-0.2, -0.15) is 0 Å². The number of hydrogen-bond acceptors (Lipinski definition) is 2. The van der Waals surface area contributed by atoms with Crippen LogP contribution in [0.1, 0.15) is 26.7 Å². The van der Waals surface area contributed by atoms with Crippen molar-refractivity contribution in [2.45, 2.75) is 38.9 Å². The first-order valence-corrected chi connectivity index (χ1v) is 4.65. The van der Waals surface area contributed by atoms with E-state index in [0.29, 0.717) is 5.92 Å². The molecule has 0 aliphatic heterocycles. The molecule has 0 saturated heterocycles. The Hall–Kier alpha value is -0.340. The molecule has 0 aromatic carbocycles. The van der Waals surface area contributed by atoms with Gasteiger partial charge >= 0.3 is 0 Å². The average molecular weight is 170 g/mol. The molecule has 1 saturated carbocycles. The van der Waals surface area contributed by atoms with Gasteiger partial charge in [-0.1, -0.05) is 19.1 Å². The molecule has 0 spiro atoms. The fraction of sp³-hybridized carbons (Fsp3) is 0.800. The Morgan fingerprint density at radius 2 is 1.92 bits per heavy atom. The van der Waals surface area contributed by atoms with E-state index in [1.54, 1.807) is 0 Å². The van der Waals surface area contributed by atoms with Crippen LogP contribution in [0, 0.1) is 11.8 Å². The molecule has 2 heteroatoms. The Balaban J connectivity index is 2.58. The van der Waals surface area contributed by atoms with E-state index in [0.717, 1.165) is 12.8 Å². The molecule has 0 bridgehead atoms. The van der Waals surface area contributed by atoms with Crippen LogP contribution in [0.4, 0.5) is 0 Å². The summed E-state index contributed by atoms with van der Waals surface area (Å²) in [4.78, 5) is 0. The van der Waals surface area contributed by atoms with Crippen molar-refractivity contribution >= 4 is 0 Å². The molecule has 1 aliphatic rings. The summed E-state index contributed by atoms with van der Waals surface area (Å²) >= 11 is 0. The summed E-state index contributed by atoms with van der Waals surface area (Å²) in [5, 5.41) is 18.9. The van der Waals surface area contributed by atoms with E-state index in [-0.39, 0.29) is 5.92 Å². The van der Waals surface area contributed by atoms with Gasteiger partial charge in [0.2, 0.25) is 0 Å². The zero-order valence-corrected chi connectivity index (χ0v) is 7.77. The van der Waals surface area contributed by atoms with Gasteiger partial charge in [-0.25, -0.2) is 0 Å². The molecule has 0 amide bonds. The van der Waals surface area contributed by atoms with E-state index in [9.17, 15) is 10.2 Å². The molecule has 70 valence electrons. The highest BCUT2D eigenvalue weighted by molar-refractivity contribution is 4.95. The van der Waals surface area contributed by atoms with Crippen molar-refractivity contribution in [1.82, 2.24) is 0 Å². The first-order chi connectivity index (χ1) is 5.66. The first-order valence-electron chi connectivity index (χ1n) is 4.65. The van der Waals surface area contributed by atoms with Gasteiger partial charge in [0.25, 0.3) is 0 Å². The quantitative estimate of drug-likeness (QED) is 0.583. The molecule has 0 aromatic rings. The van der Waals surface area contributed by atoms with Gasteiger partial charge in [0.15, 0.2) is 0 Å². The van der Waals surface area contributed by atoms with Crippen molar-refractivity contribution < 1.29 is 10.2 Å². The van der Waals surface area contributed by atoms with Crippen LogP contribution in [-0.2, 0) is 0 Å². The molecular weight excluding hydrogens is 152 g/mol. The van der Waals surface area contributed by atoms with Crippen LogP contribution >= 0.6 is 0 Å². The maximum absolute atomic E-state index is 9.56. The second kappa shape index (κ2) is 4.06. The molecule has 12 heavy (non-hydrogen) atoms. The smallest absolute Gasteiger partial charge is 0.0830 e. The Morgan fingerprint density at radius 3 is 2.50 bits per heavy atom. The minimum atomic E-state index is -0.542. The minimum absolute atomic E-state index is 0.185. The molecule has 1 aliphatic carbocycles. The third-order valence-electron chi connectivity index (χ3n) is 2.84. The predicted octanol–water partition coefficient (Wildman–Crippen LogP) is 1.33. The molecule has 2 N–H and O–H groups in total. The summed E-state index contributed by atoms with van der Waals surface area (Å²) in [5.41, 5.74) is 0. The van der Waals surface area contributed by atoms with Gasteiger partial charge in [0, 0.05) is 0 Å². The van der Waals surface area contributed by atoms with Crippen molar-refractivity contribution in [3.05, 3.63) is 12.2 Å². The average Bonchev–Trinajstić information content (AvgIpc) is 2.07. The first kappa shape index (κ1) is 9.75.